The van der Waals surface area contributed by atoms with Gasteiger partial charge in [-0.1, -0.05) is 29.8 Å². The van der Waals surface area contributed by atoms with E-state index in [4.69, 9.17) is 16.3 Å². The number of likely N-dealkylation sites (N-methyl/N-ethyl adjacent to an activating group) is 1. The number of benzene rings is 1. The monoisotopic (exact) mass is 320 g/mol. The number of carbonyl (C=O) groups is 2. The van der Waals surface area contributed by atoms with Gasteiger partial charge in [0.05, 0.1) is 6.61 Å². The maximum Gasteiger partial charge on any atom is 0.343 e. The van der Waals surface area contributed by atoms with Crippen molar-refractivity contribution in [2.75, 3.05) is 13.7 Å². The molecule has 2 rings (SSSR count). The van der Waals surface area contributed by atoms with Crippen LogP contribution < -0.4 is 5.32 Å². The Bertz CT molecular complexity index is 762. The van der Waals surface area contributed by atoms with Gasteiger partial charge in [0.25, 0.3) is 5.91 Å². The zero-order valence-corrected chi connectivity index (χ0v) is 13.4. The molecule has 6 heteroatoms. The average Bonchev–Trinajstić information content (AvgIpc) is 2.76. The number of amides is 1. The number of aromatic nitrogens is 1. The molecule has 1 heterocycles. The van der Waals surface area contributed by atoms with Crippen LogP contribution in [0.3, 0.4) is 0 Å². The van der Waals surface area contributed by atoms with Gasteiger partial charge in [0.15, 0.2) is 0 Å². The van der Waals surface area contributed by atoms with Crippen molar-refractivity contribution in [2.45, 2.75) is 6.92 Å². The quantitative estimate of drug-likeness (QED) is 0.407. The number of rotatable bonds is 4. The molecule has 0 fully saturated rings. The second-order valence-corrected chi connectivity index (χ2v) is 5.00. The normalized spacial score (nSPS) is 11.5. The van der Waals surface area contributed by atoms with Crippen molar-refractivity contribution < 1.29 is 14.3 Å². The molecule has 0 aliphatic carbocycles. The van der Waals surface area contributed by atoms with E-state index in [1.807, 2.05) is 31.3 Å². The summed E-state index contributed by atoms with van der Waals surface area (Å²) >= 11 is 6.34. The van der Waals surface area contributed by atoms with Crippen molar-refractivity contribution in [3.8, 4) is 0 Å². The molecule has 0 atom stereocenters. The first-order chi connectivity index (χ1) is 10.5. The first-order valence-corrected chi connectivity index (χ1v) is 7.22. The highest BCUT2D eigenvalue weighted by Gasteiger charge is 2.21. The van der Waals surface area contributed by atoms with Crippen molar-refractivity contribution in [2.24, 2.45) is 7.05 Å². The number of esters is 1. The maximum absolute atomic E-state index is 12.0. The smallest absolute Gasteiger partial charge is 0.343 e. The Kier molecular flexibility index (Phi) is 4.88. The lowest BCUT2D eigenvalue weighted by Crippen LogP contribution is -2.26. The van der Waals surface area contributed by atoms with Crippen LogP contribution in [0.15, 0.2) is 29.8 Å². The van der Waals surface area contributed by atoms with Gasteiger partial charge in [-0.15, -0.1) is 0 Å². The zero-order chi connectivity index (χ0) is 16.3. The topological polar surface area (TPSA) is 60.3 Å². The van der Waals surface area contributed by atoms with Crippen LogP contribution in [0.5, 0.6) is 0 Å². The number of nitrogens with zero attached hydrogens (tertiary/aromatic N) is 1. The largest absolute Gasteiger partial charge is 0.462 e. The molecule has 1 N–H and O–H groups in total. The van der Waals surface area contributed by atoms with Crippen LogP contribution in [0.25, 0.3) is 17.0 Å². The fraction of sp³-hybridized carbons (Fsp3) is 0.250. The van der Waals surface area contributed by atoms with Gasteiger partial charge < -0.3 is 14.6 Å². The highest BCUT2D eigenvalue weighted by Crippen LogP contribution is 2.31. The van der Waals surface area contributed by atoms with E-state index in [1.54, 1.807) is 11.5 Å². The van der Waals surface area contributed by atoms with E-state index in [9.17, 15) is 9.59 Å². The summed E-state index contributed by atoms with van der Waals surface area (Å²) in [5.41, 5.74) is 1.45. The highest BCUT2D eigenvalue weighted by atomic mass is 35.5. The number of halogens is 1. The molecule has 5 nitrogen and oxygen atoms in total. The van der Waals surface area contributed by atoms with Crippen molar-refractivity contribution in [1.82, 2.24) is 9.88 Å². The SMILES string of the molecule is CCOC(=O)C(=Cc1c(Cl)n(C)c2ccccc12)C(=O)NC. The third-order valence-electron chi connectivity index (χ3n) is 3.33. The van der Waals surface area contributed by atoms with E-state index in [0.717, 1.165) is 10.9 Å². The lowest BCUT2D eigenvalue weighted by molar-refractivity contribution is -0.140. The number of ether oxygens (including phenoxy) is 1. The van der Waals surface area contributed by atoms with Gasteiger partial charge in [-0.2, -0.15) is 0 Å². The predicted molar refractivity (Wildman–Crippen MR) is 86.6 cm³/mol. The molecule has 0 unspecified atom stereocenters. The Morgan fingerprint density at radius 3 is 2.68 bits per heavy atom. The molecule has 1 aromatic carbocycles. The molecule has 0 spiro atoms. The Hall–Kier alpha value is -2.27. The lowest BCUT2D eigenvalue weighted by atomic mass is 10.1. The summed E-state index contributed by atoms with van der Waals surface area (Å²) in [6.45, 7) is 1.88. The molecule has 0 aliphatic rings. The van der Waals surface area contributed by atoms with Crippen LogP contribution in [0.2, 0.25) is 5.15 Å². The summed E-state index contributed by atoms with van der Waals surface area (Å²) in [6, 6.07) is 7.58. The number of hydrogen-bond acceptors (Lipinski definition) is 3. The van der Waals surface area contributed by atoms with Crippen molar-refractivity contribution >= 4 is 40.5 Å². The number of nitrogens with one attached hydrogen (secondary N) is 1. The second-order valence-electron chi connectivity index (χ2n) is 4.64. The summed E-state index contributed by atoms with van der Waals surface area (Å²) in [6.07, 6.45) is 1.47. The van der Waals surface area contributed by atoms with Crippen molar-refractivity contribution in [3.05, 3.63) is 40.6 Å². The molecule has 0 bridgehead atoms. The number of fused-ring (bicyclic) bond motifs is 1. The molecule has 1 aromatic heterocycles. The Morgan fingerprint density at radius 1 is 1.36 bits per heavy atom. The summed E-state index contributed by atoms with van der Waals surface area (Å²) in [4.78, 5) is 24.0. The Balaban J connectivity index is 2.64. The minimum atomic E-state index is -0.675. The summed E-state index contributed by atoms with van der Waals surface area (Å²) < 4.78 is 6.74. The molecular formula is C16H17ClN2O3. The first kappa shape index (κ1) is 16.1. The predicted octanol–water partition coefficient (Wildman–Crippen LogP) is 2.52. The van der Waals surface area contributed by atoms with Crippen LogP contribution in [0.4, 0.5) is 0 Å². The fourth-order valence-corrected chi connectivity index (χ4v) is 2.48. The Morgan fingerprint density at radius 2 is 2.05 bits per heavy atom. The highest BCUT2D eigenvalue weighted by molar-refractivity contribution is 6.33. The van der Waals surface area contributed by atoms with Gasteiger partial charge in [0.2, 0.25) is 0 Å². The van der Waals surface area contributed by atoms with E-state index in [2.05, 4.69) is 5.32 Å². The van der Waals surface area contributed by atoms with Gasteiger partial charge in [0.1, 0.15) is 10.7 Å². The minimum absolute atomic E-state index is 0.0809. The molecule has 0 saturated heterocycles. The third kappa shape index (κ3) is 2.85. The Labute approximate surface area is 133 Å². The summed E-state index contributed by atoms with van der Waals surface area (Å²) in [7, 11) is 3.28. The molecule has 0 radical (unpaired) electrons. The number of para-hydroxylation sites is 1. The lowest BCUT2D eigenvalue weighted by Gasteiger charge is -2.05. The minimum Gasteiger partial charge on any atom is -0.462 e. The summed E-state index contributed by atoms with van der Waals surface area (Å²) in [5.74, 6) is -1.19. The number of hydrogen-bond donors (Lipinski definition) is 1. The standard InChI is InChI=1S/C16H17ClN2O3/c1-4-22-16(21)12(15(20)18-2)9-11-10-7-5-6-8-13(10)19(3)14(11)17/h5-9H,4H2,1-3H3,(H,18,20). The van der Waals surface area contributed by atoms with E-state index in [0.29, 0.717) is 10.7 Å². The zero-order valence-electron chi connectivity index (χ0n) is 12.6. The molecule has 0 saturated carbocycles. The molecular weight excluding hydrogens is 304 g/mol. The fourth-order valence-electron chi connectivity index (χ4n) is 2.23. The van der Waals surface area contributed by atoms with Crippen LogP contribution in [0.1, 0.15) is 12.5 Å². The van der Waals surface area contributed by atoms with E-state index in [1.165, 1.54) is 13.1 Å². The maximum atomic E-state index is 12.0. The van der Waals surface area contributed by atoms with Gasteiger partial charge in [-0.25, -0.2) is 4.79 Å². The van der Waals surface area contributed by atoms with Crippen molar-refractivity contribution in [1.29, 1.82) is 0 Å². The molecule has 2 aromatic rings. The van der Waals surface area contributed by atoms with E-state index in [-0.39, 0.29) is 12.2 Å². The summed E-state index contributed by atoms with van der Waals surface area (Å²) in [5, 5.41) is 3.75. The van der Waals surface area contributed by atoms with E-state index < -0.39 is 11.9 Å². The van der Waals surface area contributed by atoms with Crippen LogP contribution >= 0.6 is 11.6 Å². The van der Waals surface area contributed by atoms with Gasteiger partial charge in [-0.3, -0.25) is 4.79 Å². The number of carbonyl (C=O) groups excluding carboxylic acids is 2. The van der Waals surface area contributed by atoms with Gasteiger partial charge in [0, 0.05) is 30.6 Å². The van der Waals surface area contributed by atoms with Crippen LogP contribution in [-0.2, 0) is 21.4 Å². The van der Waals surface area contributed by atoms with Gasteiger partial charge >= 0.3 is 5.97 Å². The molecule has 1 amide bonds. The molecule has 22 heavy (non-hydrogen) atoms. The van der Waals surface area contributed by atoms with Gasteiger partial charge in [-0.05, 0) is 19.1 Å². The number of aryl methyl sites for hydroxylation is 1. The van der Waals surface area contributed by atoms with Crippen LogP contribution in [-0.4, -0.2) is 30.1 Å². The second kappa shape index (κ2) is 6.66. The van der Waals surface area contributed by atoms with Crippen molar-refractivity contribution in [3.63, 3.8) is 0 Å². The average molecular weight is 321 g/mol. The molecule has 0 aliphatic heterocycles. The molecule has 116 valence electrons. The first-order valence-electron chi connectivity index (χ1n) is 6.85. The van der Waals surface area contributed by atoms with Crippen LogP contribution in [0, 0.1) is 0 Å². The van der Waals surface area contributed by atoms with E-state index >= 15 is 0 Å². The third-order valence-corrected chi connectivity index (χ3v) is 3.79.